The van der Waals surface area contributed by atoms with Gasteiger partial charge in [-0.1, -0.05) is 39.3 Å². The lowest BCUT2D eigenvalue weighted by atomic mass is 9.66. The van der Waals surface area contributed by atoms with Crippen LogP contribution in [0, 0.1) is 17.3 Å². The van der Waals surface area contributed by atoms with Crippen LogP contribution in [0.15, 0.2) is 6.20 Å². The van der Waals surface area contributed by atoms with Crippen LogP contribution < -0.4 is 5.32 Å². The van der Waals surface area contributed by atoms with E-state index >= 15 is 0 Å². The Morgan fingerprint density at radius 1 is 1.48 bits per heavy atom. The first kappa shape index (κ1) is 16.8. The van der Waals surface area contributed by atoms with Crippen LogP contribution in [0.1, 0.15) is 58.6 Å². The molecule has 0 saturated heterocycles. The maximum Gasteiger partial charge on any atom is 0.0820 e. The predicted octanol–water partition coefficient (Wildman–Crippen LogP) is 4.23. The molecule has 4 heteroatoms. The molecule has 21 heavy (non-hydrogen) atoms. The van der Waals surface area contributed by atoms with E-state index in [-0.39, 0.29) is 0 Å². The Hall–Kier alpha value is -0.540. The fraction of sp³-hybridized carbons (Fsp3) is 0.824. The van der Waals surface area contributed by atoms with Crippen molar-refractivity contribution in [2.24, 2.45) is 24.3 Å². The van der Waals surface area contributed by atoms with Gasteiger partial charge in [0.2, 0.25) is 0 Å². The van der Waals surface area contributed by atoms with Crippen LogP contribution in [-0.2, 0) is 7.05 Å². The van der Waals surface area contributed by atoms with E-state index in [1.807, 2.05) is 11.7 Å². The number of hydrogen-bond donors (Lipinski definition) is 1. The Kier molecular flexibility index (Phi) is 5.37. The maximum atomic E-state index is 6.42. The number of aromatic nitrogens is 2. The molecule has 0 bridgehead atoms. The van der Waals surface area contributed by atoms with Gasteiger partial charge >= 0.3 is 0 Å². The molecule has 1 aliphatic carbocycles. The van der Waals surface area contributed by atoms with E-state index in [0.717, 1.165) is 18.1 Å². The highest BCUT2D eigenvalue weighted by Crippen LogP contribution is 2.47. The van der Waals surface area contributed by atoms with Crippen LogP contribution in [0.5, 0.6) is 0 Å². The Labute approximate surface area is 134 Å². The van der Waals surface area contributed by atoms with E-state index in [4.69, 9.17) is 11.6 Å². The summed E-state index contributed by atoms with van der Waals surface area (Å²) in [5.74, 6) is 1.86. The van der Waals surface area contributed by atoms with E-state index in [2.05, 4.69) is 38.1 Å². The van der Waals surface area contributed by atoms with Crippen LogP contribution in [-0.4, -0.2) is 22.9 Å². The summed E-state index contributed by atoms with van der Waals surface area (Å²) in [6.45, 7) is 11.4. The first-order valence-electron chi connectivity index (χ1n) is 8.18. The van der Waals surface area contributed by atoms with Gasteiger partial charge in [0.1, 0.15) is 0 Å². The minimum atomic E-state index is 0.396. The smallest absolute Gasteiger partial charge is 0.0820 e. The summed E-state index contributed by atoms with van der Waals surface area (Å²) in [5, 5.41) is 8.81. The third-order valence-electron chi connectivity index (χ3n) is 4.78. The van der Waals surface area contributed by atoms with Crippen molar-refractivity contribution in [3.63, 3.8) is 0 Å². The number of halogens is 1. The van der Waals surface area contributed by atoms with Crippen molar-refractivity contribution in [2.45, 2.75) is 52.9 Å². The highest BCUT2D eigenvalue weighted by atomic mass is 35.5. The number of nitrogens with zero attached hydrogens (tertiary/aromatic N) is 2. The van der Waals surface area contributed by atoms with Crippen molar-refractivity contribution in [1.29, 1.82) is 0 Å². The largest absolute Gasteiger partial charge is 0.316 e. The van der Waals surface area contributed by atoms with Gasteiger partial charge in [0.15, 0.2) is 0 Å². The first-order chi connectivity index (χ1) is 9.80. The Morgan fingerprint density at radius 3 is 2.76 bits per heavy atom. The van der Waals surface area contributed by atoms with Gasteiger partial charge in [0.05, 0.1) is 16.9 Å². The lowest BCUT2D eigenvalue weighted by molar-refractivity contribution is 0.154. The molecule has 1 aromatic heterocycles. The SMILES string of the molecule is CC(C)CNCC1CCC(C)(C)CC1c1c(Cl)cnn1C. The van der Waals surface area contributed by atoms with Gasteiger partial charge in [0.25, 0.3) is 0 Å². The molecule has 0 amide bonds. The van der Waals surface area contributed by atoms with Crippen molar-refractivity contribution in [2.75, 3.05) is 13.1 Å². The molecular formula is C17H30ClN3. The van der Waals surface area contributed by atoms with Gasteiger partial charge in [-0.15, -0.1) is 0 Å². The van der Waals surface area contributed by atoms with Crippen molar-refractivity contribution in [3.05, 3.63) is 16.9 Å². The van der Waals surface area contributed by atoms with Crippen molar-refractivity contribution >= 4 is 11.6 Å². The van der Waals surface area contributed by atoms with Crippen molar-refractivity contribution in [3.8, 4) is 0 Å². The van der Waals surface area contributed by atoms with Gasteiger partial charge in [0, 0.05) is 13.0 Å². The zero-order chi connectivity index (χ0) is 15.6. The lowest BCUT2D eigenvalue weighted by Crippen LogP contribution is -2.36. The molecule has 1 aromatic rings. The number of nitrogens with one attached hydrogen (secondary N) is 1. The highest BCUT2D eigenvalue weighted by Gasteiger charge is 2.37. The summed E-state index contributed by atoms with van der Waals surface area (Å²) >= 11 is 6.42. The second kappa shape index (κ2) is 6.70. The Bertz CT molecular complexity index is 445. The average molecular weight is 312 g/mol. The summed E-state index contributed by atoms with van der Waals surface area (Å²) in [7, 11) is 2.02. The minimum absolute atomic E-state index is 0.396. The van der Waals surface area contributed by atoms with E-state index < -0.39 is 0 Å². The van der Waals surface area contributed by atoms with Crippen LogP contribution >= 0.6 is 11.6 Å². The molecule has 1 heterocycles. The van der Waals surface area contributed by atoms with Crippen LogP contribution in [0.2, 0.25) is 5.02 Å². The Morgan fingerprint density at radius 2 is 2.19 bits per heavy atom. The molecule has 2 unspecified atom stereocenters. The van der Waals surface area contributed by atoms with E-state index in [0.29, 0.717) is 23.2 Å². The van der Waals surface area contributed by atoms with E-state index in [1.54, 1.807) is 6.20 Å². The third-order valence-corrected chi connectivity index (χ3v) is 5.07. The molecule has 0 spiro atoms. The summed E-state index contributed by atoms with van der Waals surface area (Å²) in [6.07, 6.45) is 5.55. The monoisotopic (exact) mass is 311 g/mol. The minimum Gasteiger partial charge on any atom is -0.316 e. The number of rotatable bonds is 5. The van der Waals surface area contributed by atoms with Crippen molar-refractivity contribution < 1.29 is 0 Å². The molecule has 1 saturated carbocycles. The summed E-state index contributed by atoms with van der Waals surface area (Å²) in [6, 6.07) is 0. The average Bonchev–Trinajstić information content (AvgIpc) is 2.70. The van der Waals surface area contributed by atoms with Crippen LogP contribution in [0.25, 0.3) is 0 Å². The van der Waals surface area contributed by atoms with Gasteiger partial charge in [-0.3, -0.25) is 4.68 Å². The number of aryl methyl sites for hydroxylation is 1. The molecular weight excluding hydrogens is 282 g/mol. The standard InChI is InChI=1S/C17H30ClN3/c1-12(2)9-19-10-13-6-7-17(3,4)8-14(13)16-15(18)11-20-21(16)5/h11-14,19H,6-10H2,1-5H3. The number of hydrogen-bond acceptors (Lipinski definition) is 2. The first-order valence-corrected chi connectivity index (χ1v) is 8.56. The summed E-state index contributed by atoms with van der Waals surface area (Å²) < 4.78 is 1.98. The normalized spacial score (nSPS) is 25.5. The second-order valence-corrected chi connectivity index (χ2v) is 8.23. The van der Waals surface area contributed by atoms with Gasteiger partial charge in [-0.05, 0) is 49.6 Å². The van der Waals surface area contributed by atoms with E-state index in [9.17, 15) is 0 Å². The van der Waals surface area contributed by atoms with Crippen molar-refractivity contribution in [1.82, 2.24) is 15.1 Å². The molecule has 2 atom stereocenters. The molecule has 0 aromatic carbocycles. The topological polar surface area (TPSA) is 29.9 Å². The molecule has 3 nitrogen and oxygen atoms in total. The molecule has 0 aliphatic heterocycles. The summed E-state index contributed by atoms with van der Waals surface area (Å²) in [4.78, 5) is 0. The molecule has 120 valence electrons. The zero-order valence-electron chi connectivity index (χ0n) is 14.1. The molecule has 2 rings (SSSR count). The maximum absolute atomic E-state index is 6.42. The second-order valence-electron chi connectivity index (χ2n) is 7.83. The van der Waals surface area contributed by atoms with Gasteiger partial charge in [-0.2, -0.15) is 5.10 Å². The highest BCUT2D eigenvalue weighted by molar-refractivity contribution is 6.31. The summed E-state index contributed by atoms with van der Waals surface area (Å²) in [5.41, 5.74) is 1.62. The van der Waals surface area contributed by atoms with Crippen LogP contribution in [0.4, 0.5) is 0 Å². The molecule has 1 N–H and O–H groups in total. The van der Waals surface area contributed by atoms with Gasteiger partial charge in [-0.25, -0.2) is 0 Å². The quantitative estimate of drug-likeness (QED) is 0.882. The lowest BCUT2D eigenvalue weighted by Gasteiger charge is -2.41. The Balaban J connectivity index is 2.14. The van der Waals surface area contributed by atoms with Gasteiger partial charge < -0.3 is 5.32 Å². The van der Waals surface area contributed by atoms with Crippen LogP contribution in [0.3, 0.4) is 0 Å². The third kappa shape index (κ3) is 4.23. The predicted molar refractivity (Wildman–Crippen MR) is 89.8 cm³/mol. The van der Waals surface area contributed by atoms with E-state index in [1.165, 1.54) is 25.0 Å². The molecule has 1 fully saturated rings. The fourth-order valence-corrected chi connectivity index (χ4v) is 3.91. The molecule has 1 aliphatic rings. The molecule has 0 radical (unpaired) electrons. The zero-order valence-corrected chi connectivity index (χ0v) is 14.9. The fourth-order valence-electron chi connectivity index (χ4n) is 3.60.